The normalized spacial score (nSPS) is 39.7. The first-order valence-electron chi connectivity index (χ1n) is 7.14. The molecule has 2 aliphatic rings. The fourth-order valence-corrected chi connectivity index (χ4v) is 3.87. The molecule has 17 heavy (non-hydrogen) atoms. The SMILES string of the molecule is COCC1CCN(C2(CN)CCCC(C)C2)C1. The first-order chi connectivity index (χ1) is 8.20. The molecule has 0 aromatic heterocycles. The first-order valence-corrected chi connectivity index (χ1v) is 7.14. The van der Waals surface area contributed by atoms with Crippen molar-refractivity contribution in [1.82, 2.24) is 4.90 Å². The van der Waals surface area contributed by atoms with Crippen molar-refractivity contribution in [2.75, 3.05) is 33.4 Å². The monoisotopic (exact) mass is 240 g/mol. The molecule has 0 bridgehead atoms. The lowest BCUT2D eigenvalue weighted by Gasteiger charge is -2.46. The van der Waals surface area contributed by atoms with Gasteiger partial charge in [0.15, 0.2) is 0 Å². The number of nitrogens with zero attached hydrogens (tertiary/aromatic N) is 1. The standard InChI is InChI=1S/C14H28N2O/c1-12-4-3-6-14(8-12,11-15)16-7-5-13(9-16)10-17-2/h12-13H,3-11,15H2,1-2H3. The lowest BCUT2D eigenvalue weighted by atomic mass is 9.75. The Morgan fingerprint density at radius 1 is 1.41 bits per heavy atom. The molecule has 3 nitrogen and oxygen atoms in total. The van der Waals surface area contributed by atoms with Gasteiger partial charge >= 0.3 is 0 Å². The van der Waals surface area contributed by atoms with Crippen LogP contribution in [0, 0.1) is 11.8 Å². The molecule has 0 aromatic carbocycles. The second kappa shape index (κ2) is 5.68. The van der Waals surface area contributed by atoms with Crippen molar-refractivity contribution in [2.24, 2.45) is 17.6 Å². The molecule has 0 radical (unpaired) electrons. The Morgan fingerprint density at radius 3 is 2.88 bits per heavy atom. The molecule has 2 N–H and O–H groups in total. The van der Waals surface area contributed by atoms with Gasteiger partial charge < -0.3 is 10.5 Å². The van der Waals surface area contributed by atoms with Crippen molar-refractivity contribution < 1.29 is 4.74 Å². The number of nitrogens with two attached hydrogens (primary N) is 1. The van der Waals surface area contributed by atoms with Crippen molar-refractivity contribution in [3.63, 3.8) is 0 Å². The highest BCUT2D eigenvalue weighted by molar-refractivity contribution is 4.98. The second-order valence-electron chi connectivity index (χ2n) is 6.19. The molecule has 1 heterocycles. The van der Waals surface area contributed by atoms with Gasteiger partial charge in [-0.05, 0) is 37.6 Å². The topological polar surface area (TPSA) is 38.5 Å². The van der Waals surface area contributed by atoms with E-state index in [1.165, 1.54) is 45.2 Å². The molecule has 1 aliphatic heterocycles. The predicted octanol–water partition coefficient (Wildman–Crippen LogP) is 1.86. The van der Waals surface area contributed by atoms with Crippen molar-refractivity contribution in [1.29, 1.82) is 0 Å². The highest BCUT2D eigenvalue weighted by atomic mass is 16.5. The summed E-state index contributed by atoms with van der Waals surface area (Å²) in [6.07, 6.45) is 6.61. The Kier molecular flexibility index (Phi) is 4.45. The predicted molar refractivity (Wildman–Crippen MR) is 71.0 cm³/mol. The van der Waals surface area contributed by atoms with Crippen molar-refractivity contribution in [3.05, 3.63) is 0 Å². The van der Waals surface area contributed by atoms with Crippen LogP contribution in [0.2, 0.25) is 0 Å². The maximum Gasteiger partial charge on any atom is 0.0503 e. The van der Waals surface area contributed by atoms with E-state index in [4.69, 9.17) is 10.5 Å². The third-order valence-electron chi connectivity index (χ3n) is 4.81. The molecule has 0 amide bonds. The summed E-state index contributed by atoms with van der Waals surface area (Å²) < 4.78 is 5.29. The van der Waals surface area contributed by atoms with Crippen molar-refractivity contribution in [3.8, 4) is 0 Å². The van der Waals surface area contributed by atoms with Crippen LogP contribution in [0.4, 0.5) is 0 Å². The Labute approximate surface area is 106 Å². The maximum absolute atomic E-state index is 6.13. The van der Waals surface area contributed by atoms with E-state index in [-0.39, 0.29) is 0 Å². The van der Waals surface area contributed by atoms with E-state index in [1.54, 1.807) is 0 Å². The summed E-state index contributed by atoms with van der Waals surface area (Å²) in [4.78, 5) is 2.67. The Morgan fingerprint density at radius 2 is 2.24 bits per heavy atom. The molecule has 3 heteroatoms. The minimum Gasteiger partial charge on any atom is -0.384 e. The van der Waals surface area contributed by atoms with Crippen LogP contribution in [0.25, 0.3) is 0 Å². The number of likely N-dealkylation sites (tertiary alicyclic amines) is 1. The fourth-order valence-electron chi connectivity index (χ4n) is 3.87. The second-order valence-corrected chi connectivity index (χ2v) is 6.19. The summed E-state index contributed by atoms with van der Waals surface area (Å²) in [5, 5.41) is 0. The van der Waals surface area contributed by atoms with Gasteiger partial charge in [-0.3, -0.25) is 4.90 Å². The van der Waals surface area contributed by atoms with Gasteiger partial charge in [-0.1, -0.05) is 19.8 Å². The largest absolute Gasteiger partial charge is 0.384 e. The van der Waals surface area contributed by atoms with Crippen LogP contribution in [0.1, 0.15) is 39.0 Å². The van der Waals surface area contributed by atoms with Crippen LogP contribution >= 0.6 is 0 Å². The van der Waals surface area contributed by atoms with Gasteiger partial charge in [-0.15, -0.1) is 0 Å². The number of rotatable bonds is 4. The van der Waals surface area contributed by atoms with Crippen LogP contribution in [-0.4, -0.2) is 43.8 Å². The Bertz CT molecular complexity index is 246. The molecule has 1 saturated heterocycles. The van der Waals surface area contributed by atoms with Crippen LogP contribution in [0.5, 0.6) is 0 Å². The van der Waals surface area contributed by atoms with E-state index < -0.39 is 0 Å². The van der Waals surface area contributed by atoms with E-state index in [9.17, 15) is 0 Å². The van der Waals surface area contributed by atoms with Gasteiger partial charge in [-0.2, -0.15) is 0 Å². The molecule has 0 spiro atoms. The summed E-state index contributed by atoms with van der Waals surface area (Å²) in [5.74, 6) is 1.56. The summed E-state index contributed by atoms with van der Waals surface area (Å²) in [5.41, 5.74) is 6.43. The van der Waals surface area contributed by atoms with Gasteiger partial charge in [0.05, 0.1) is 6.61 Å². The summed E-state index contributed by atoms with van der Waals surface area (Å²) >= 11 is 0. The van der Waals surface area contributed by atoms with E-state index in [1.807, 2.05) is 7.11 Å². The number of methoxy groups -OCH3 is 1. The van der Waals surface area contributed by atoms with E-state index in [2.05, 4.69) is 11.8 Å². The lowest BCUT2D eigenvalue weighted by Crippen LogP contribution is -2.55. The average molecular weight is 240 g/mol. The number of hydrogen-bond donors (Lipinski definition) is 1. The van der Waals surface area contributed by atoms with E-state index in [0.29, 0.717) is 5.54 Å². The van der Waals surface area contributed by atoms with Gasteiger partial charge in [-0.25, -0.2) is 0 Å². The maximum atomic E-state index is 6.13. The summed E-state index contributed by atoms with van der Waals surface area (Å²) in [6.45, 7) is 6.53. The first kappa shape index (κ1) is 13.3. The highest BCUT2D eigenvalue weighted by Crippen LogP contribution is 2.38. The molecule has 1 aliphatic carbocycles. The minimum atomic E-state index is 0.306. The third-order valence-corrected chi connectivity index (χ3v) is 4.81. The van der Waals surface area contributed by atoms with Crippen LogP contribution in [0.3, 0.4) is 0 Å². The molecule has 0 aromatic rings. The molecule has 100 valence electrons. The quantitative estimate of drug-likeness (QED) is 0.815. The zero-order valence-electron chi connectivity index (χ0n) is 11.5. The van der Waals surface area contributed by atoms with E-state index >= 15 is 0 Å². The molecule has 1 saturated carbocycles. The van der Waals surface area contributed by atoms with Crippen LogP contribution in [-0.2, 0) is 4.74 Å². The van der Waals surface area contributed by atoms with Gasteiger partial charge in [0.2, 0.25) is 0 Å². The third kappa shape index (κ3) is 2.83. The van der Waals surface area contributed by atoms with Crippen molar-refractivity contribution in [2.45, 2.75) is 44.6 Å². The van der Waals surface area contributed by atoms with Crippen LogP contribution in [0.15, 0.2) is 0 Å². The molecular formula is C14H28N2O. The summed E-state index contributed by atoms with van der Waals surface area (Å²) in [6, 6.07) is 0. The average Bonchev–Trinajstić information content (AvgIpc) is 2.78. The highest BCUT2D eigenvalue weighted by Gasteiger charge is 2.41. The zero-order chi connectivity index (χ0) is 12.3. The molecule has 2 rings (SSSR count). The number of hydrogen-bond acceptors (Lipinski definition) is 3. The van der Waals surface area contributed by atoms with Crippen molar-refractivity contribution >= 4 is 0 Å². The molecule has 2 fully saturated rings. The molecule has 3 atom stereocenters. The summed E-state index contributed by atoms with van der Waals surface area (Å²) in [7, 11) is 1.81. The van der Waals surface area contributed by atoms with Gasteiger partial charge in [0.1, 0.15) is 0 Å². The Balaban J connectivity index is 1.98. The minimum absolute atomic E-state index is 0.306. The lowest BCUT2D eigenvalue weighted by molar-refractivity contribution is 0.0515. The molecule has 3 unspecified atom stereocenters. The fraction of sp³-hybridized carbons (Fsp3) is 1.00. The Hall–Kier alpha value is -0.120. The number of ether oxygens (including phenoxy) is 1. The molecular weight excluding hydrogens is 212 g/mol. The smallest absolute Gasteiger partial charge is 0.0503 e. The van der Waals surface area contributed by atoms with Crippen LogP contribution < -0.4 is 5.73 Å². The van der Waals surface area contributed by atoms with Gasteiger partial charge in [0, 0.05) is 25.7 Å². The van der Waals surface area contributed by atoms with E-state index in [0.717, 1.165) is 25.0 Å². The van der Waals surface area contributed by atoms with Gasteiger partial charge in [0.25, 0.3) is 0 Å². The zero-order valence-corrected chi connectivity index (χ0v) is 11.5.